The lowest BCUT2D eigenvalue weighted by Gasteiger charge is -2.11. The summed E-state index contributed by atoms with van der Waals surface area (Å²) >= 11 is 12.0. The summed E-state index contributed by atoms with van der Waals surface area (Å²) in [6, 6.07) is 24.5. The molecular weight excluding hydrogens is 443 g/mol. The molecule has 0 aliphatic carbocycles. The van der Waals surface area contributed by atoms with Gasteiger partial charge in [0.25, 0.3) is 0 Å². The largest absolute Gasteiger partial charge is 0.376 e. The number of nitrogens with zero attached hydrogens (tertiary/aromatic N) is 2. The van der Waals surface area contributed by atoms with Crippen molar-refractivity contribution >= 4 is 40.7 Å². The van der Waals surface area contributed by atoms with E-state index in [1.165, 1.54) is 0 Å². The average Bonchev–Trinajstić information content (AvgIpc) is 2.78. The first-order valence-electron chi connectivity index (χ1n) is 9.98. The highest BCUT2D eigenvalue weighted by Crippen LogP contribution is 2.26. The molecule has 7 heteroatoms. The number of carbonyl (C=O) groups excluding carboxylic acids is 1. The van der Waals surface area contributed by atoms with Crippen LogP contribution in [0.2, 0.25) is 10.0 Å². The predicted molar refractivity (Wildman–Crippen MR) is 131 cm³/mol. The predicted octanol–water partition coefficient (Wildman–Crippen LogP) is 6.48. The van der Waals surface area contributed by atoms with Gasteiger partial charge < -0.3 is 5.32 Å². The van der Waals surface area contributed by atoms with E-state index in [4.69, 9.17) is 23.2 Å². The number of anilines is 2. The highest BCUT2D eigenvalue weighted by Gasteiger charge is 2.11. The summed E-state index contributed by atoms with van der Waals surface area (Å²) in [5.41, 5.74) is 5.11. The molecule has 0 aliphatic heterocycles. The van der Waals surface area contributed by atoms with E-state index in [1.54, 1.807) is 24.3 Å². The number of hydrogen-bond acceptors (Lipinski definition) is 4. The maximum Gasteiger partial charge on any atom is 0.246 e. The molecule has 1 amide bonds. The van der Waals surface area contributed by atoms with Crippen LogP contribution in [0.3, 0.4) is 0 Å². The van der Waals surface area contributed by atoms with Gasteiger partial charge in [0.05, 0.1) is 17.9 Å². The molecule has 160 valence electrons. The van der Waals surface area contributed by atoms with Crippen molar-refractivity contribution in [1.82, 2.24) is 9.97 Å². The third kappa shape index (κ3) is 5.63. The molecule has 4 aromatic rings. The van der Waals surface area contributed by atoms with Gasteiger partial charge in [0.2, 0.25) is 11.9 Å². The van der Waals surface area contributed by atoms with Gasteiger partial charge in [0.1, 0.15) is 0 Å². The Labute approximate surface area is 196 Å². The average molecular weight is 463 g/mol. The van der Waals surface area contributed by atoms with Crippen LogP contribution in [0, 0.1) is 6.92 Å². The Balaban J connectivity index is 1.60. The fraction of sp³-hybridized carbons (Fsp3) is 0.0800. The van der Waals surface area contributed by atoms with E-state index in [2.05, 4.69) is 20.6 Å². The molecule has 0 radical (unpaired) electrons. The molecule has 3 aromatic carbocycles. The van der Waals surface area contributed by atoms with E-state index in [-0.39, 0.29) is 18.4 Å². The van der Waals surface area contributed by atoms with Crippen LogP contribution < -0.4 is 10.6 Å². The van der Waals surface area contributed by atoms with Crippen LogP contribution in [0.15, 0.2) is 78.9 Å². The molecule has 0 saturated heterocycles. The number of carbonyl (C=O) groups is 1. The number of aromatic nitrogens is 2. The Kier molecular flexibility index (Phi) is 6.69. The minimum Gasteiger partial charge on any atom is -0.376 e. The summed E-state index contributed by atoms with van der Waals surface area (Å²) in [7, 11) is 0. The molecule has 0 fully saturated rings. The summed E-state index contributed by atoms with van der Waals surface area (Å²) in [4.78, 5) is 21.7. The first-order chi connectivity index (χ1) is 15.5. The van der Waals surface area contributed by atoms with Gasteiger partial charge in [0, 0.05) is 26.9 Å². The molecule has 0 atom stereocenters. The zero-order valence-corrected chi connectivity index (χ0v) is 18.8. The lowest BCUT2D eigenvalue weighted by molar-refractivity contribution is -0.114. The molecular formula is C25H20Cl2N4O. The Morgan fingerprint density at radius 3 is 2.06 bits per heavy atom. The van der Waals surface area contributed by atoms with Crippen molar-refractivity contribution in [2.24, 2.45) is 0 Å². The molecule has 0 spiro atoms. The monoisotopic (exact) mass is 462 g/mol. The molecule has 2 N–H and O–H groups in total. The quantitative estimate of drug-likeness (QED) is 0.344. The number of halogens is 2. The van der Waals surface area contributed by atoms with Gasteiger partial charge in [-0.3, -0.25) is 10.1 Å². The van der Waals surface area contributed by atoms with Crippen molar-refractivity contribution in [1.29, 1.82) is 0 Å². The summed E-state index contributed by atoms with van der Waals surface area (Å²) in [5, 5.41) is 7.07. The maximum atomic E-state index is 12.6. The lowest BCUT2D eigenvalue weighted by Crippen LogP contribution is -2.23. The van der Waals surface area contributed by atoms with Gasteiger partial charge in [-0.1, -0.05) is 71.2 Å². The zero-order valence-electron chi connectivity index (χ0n) is 17.3. The number of hydrogen-bond donors (Lipinski definition) is 2. The van der Waals surface area contributed by atoms with Crippen molar-refractivity contribution in [3.05, 3.63) is 94.5 Å². The van der Waals surface area contributed by atoms with Crippen LogP contribution in [-0.2, 0) is 4.79 Å². The molecule has 0 saturated carbocycles. The summed E-state index contributed by atoms with van der Waals surface area (Å²) in [5.74, 6) is -0.0426. The second kappa shape index (κ2) is 9.81. The Morgan fingerprint density at radius 1 is 0.812 bits per heavy atom. The third-order valence-corrected chi connectivity index (χ3v) is 5.23. The molecule has 0 aliphatic rings. The molecule has 1 heterocycles. The van der Waals surface area contributed by atoms with E-state index >= 15 is 0 Å². The molecule has 32 heavy (non-hydrogen) atoms. The van der Waals surface area contributed by atoms with Crippen molar-refractivity contribution in [2.45, 2.75) is 6.92 Å². The van der Waals surface area contributed by atoms with E-state index in [9.17, 15) is 4.79 Å². The number of aryl methyl sites for hydroxylation is 1. The normalized spacial score (nSPS) is 10.6. The number of nitrogens with one attached hydrogen (secondary N) is 2. The van der Waals surface area contributed by atoms with Gasteiger partial charge in [-0.05, 0) is 43.3 Å². The highest BCUT2D eigenvalue weighted by molar-refractivity contribution is 6.31. The number of amides is 1. The van der Waals surface area contributed by atoms with Gasteiger partial charge in [-0.25, -0.2) is 9.97 Å². The van der Waals surface area contributed by atoms with E-state index < -0.39 is 0 Å². The van der Waals surface area contributed by atoms with Crippen LogP contribution in [0.25, 0.3) is 22.5 Å². The van der Waals surface area contributed by atoms with E-state index in [0.29, 0.717) is 21.4 Å². The zero-order chi connectivity index (χ0) is 22.5. The fourth-order valence-corrected chi connectivity index (χ4v) is 3.41. The van der Waals surface area contributed by atoms with E-state index in [0.717, 1.165) is 22.4 Å². The SMILES string of the molecule is Cc1ccc(-c2cc(-c3ccc(Cl)cc3)nc(NC(=O)CNc3cccc(Cl)c3)n2)cc1. The maximum absolute atomic E-state index is 12.6. The Hall–Kier alpha value is -3.41. The standard InChI is InChI=1S/C25H20Cl2N4O/c1-16-5-7-17(8-6-16)22-14-23(18-9-11-19(26)12-10-18)30-25(29-22)31-24(32)15-28-21-4-2-3-20(27)13-21/h2-14,28H,15H2,1H3,(H,29,30,31,32). The molecule has 0 unspecified atom stereocenters. The van der Waals surface area contributed by atoms with Gasteiger partial charge in [-0.2, -0.15) is 0 Å². The van der Waals surface area contributed by atoms with Crippen LogP contribution in [0.1, 0.15) is 5.56 Å². The first-order valence-corrected chi connectivity index (χ1v) is 10.7. The van der Waals surface area contributed by atoms with Crippen molar-refractivity contribution in [2.75, 3.05) is 17.2 Å². The summed E-state index contributed by atoms with van der Waals surface area (Å²) in [6.07, 6.45) is 0. The Morgan fingerprint density at radius 2 is 1.44 bits per heavy atom. The third-order valence-electron chi connectivity index (χ3n) is 4.74. The van der Waals surface area contributed by atoms with Gasteiger partial charge >= 0.3 is 0 Å². The molecule has 5 nitrogen and oxygen atoms in total. The molecule has 4 rings (SSSR count). The minimum absolute atomic E-state index is 0.0503. The van der Waals surface area contributed by atoms with Crippen molar-refractivity contribution < 1.29 is 4.79 Å². The van der Waals surface area contributed by atoms with Crippen LogP contribution in [-0.4, -0.2) is 22.4 Å². The van der Waals surface area contributed by atoms with Gasteiger partial charge in [0.15, 0.2) is 0 Å². The fourth-order valence-electron chi connectivity index (χ4n) is 3.09. The van der Waals surface area contributed by atoms with Crippen molar-refractivity contribution in [3.8, 4) is 22.5 Å². The summed E-state index contributed by atoms with van der Waals surface area (Å²) in [6.45, 7) is 2.08. The van der Waals surface area contributed by atoms with Crippen LogP contribution in [0.4, 0.5) is 11.6 Å². The second-order valence-corrected chi connectivity index (χ2v) is 8.12. The number of rotatable bonds is 6. The smallest absolute Gasteiger partial charge is 0.246 e. The van der Waals surface area contributed by atoms with Crippen LogP contribution >= 0.6 is 23.2 Å². The van der Waals surface area contributed by atoms with E-state index in [1.807, 2.05) is 61.5 Å². The van der Waals surface area contributed by atoms with Crippen molar-refractivity contribution in [3.63, 3.8) is 0 Å². The summed E-state index contributed by atoms with van der Waals surface area (Å²) < 4.78 is 0. The molecule has 0 bridgehead atoms. The topological polar surface area (TPSA) is 66.9 Å². The molecule has 1 aromatic heterocycles. The van der Waals surface area contributed by atoms with Crippen LogP contribution in [0.5, 0.6) is 0 Å². The highest BCUT2D eigenvalue weighted by atomic mass is 35.5. The Bertz CT molecular complexity index is 1180. The number of benzene rings is 3. The minimum atomic E-state index is -0.270. The first kappa shape index (κ1) is 21.8. The second-order valence-electron chi connectivity index (χ2n) is 7.25. The lowest BCUT2D eigenvalue weighted by atomic mass is 10.1. The van der Waals surface area contributed by atoms with Gasteiger partial charge in [-0.15, -0.1) is 0 Å².